The lowest BCUT2D eigenvalue weighted by Crippen LogP contribution is -2.61. The lowest BCUT2D eigenvalue weighted by atomic mass is 9.99. The quantitative estimate of drug-likeness (QED) is 0.0195. The van der Waals surface area contributed by atoms with Gasteiger partial charge >= 0.3 is 5.97 Å². The predicted octanol–water partition coefficient (Wildman–Crippen LogP) is 16.4. The monoisotopic (exact) mass is 1150 g/mol. The van der Waals surface area contributed by atoms with Crippen LogP contribution in [0.3, 0.4) is 0 Å². The van der Waals surface area contributed by atoms with Gasteiger partial charge in [-0.05, 0) is 109 Å². The number of hydrogen-bond donors (Lipinski definition) is 6. The number of amides is 1. The molecule has 82 heavy (non-hydrogen) atoms. The molecule has 1 fully saturated rings. The molecule has 1 amide bonds. The second kappa shape index (κ2) is 57.7. The van der Waals surface area contributed by atoms with Crippen molar-refractivity contribution in [2.75, 3.05) is 13.2 Å². The second-order valence-electron chi connectivity index (χ2n) is 22.5. The molecule has 1 rings (SSSR count). The summed E-state index contributed by atoms with van der Waals surface area (Å²) in [5.74, 6) is -1.23. The van der Waals surface area contributed by atoms with Crippen LogP contribution in [-0.2, 0) is 23.8 Å². The predicted molar refractivity (Wildman–Crippen MR) is 342 cm³/mol. The summed E-state index contributed by atoms with van der Waals surface area (Å²) in [6.45, 7) is 5.63. The van der Waals surface area contributed by atoms with Gasteiger partial charge in [-0.15, -0.1) is 0 Å². The highest BCUT2D eigenvalue weighted by molar-refractivity contribution is 5.80. The van der Waals surface area contributed by atoms with Crippen LogP contribution in [0.4, 0.5) is 0 Å². The van der Waals surface area contributed by atoms with E-state index < -0.39 is 67.4 Å². The lowest BCUT2D eigenvalue weighted by Gasteiger charge is -2.41. The van der Waals surface area contributed by atoms with Crippen molar-refractivity contribution in [2.24, 2.45) is 0 Å². The van der Waals surface area contributed by atoms with E-state index in [-0.39, 0.29) is 19.4 Å². The van der Waals surface area contributed by atoms with Crippen LogP contribution in [0.2, 0.25) is 0 Å². The van der Waals surface area contributed by atoms with Crippen molar-refractivity contribution in [3.63, 3.8) is 0 Å². The van der Waals surface area contributed by atoms with Crippen LogP contribution in [0.15, 0.2) is 109 Å². The fraction of sp³-hybridized carbons (Fsp3) is 0.718. The number of ether oxygens (including phenoxy) is 3. The first kappa shape index (κ1) is 76.3. The van der Waals surface area contributed by atoms with Crippen LogP contribution >= 0.6 is 0 Å². The smallest absolute Gasteiger partial charge is 0.306 e. The SMILES string of the molecule is CC/C=C\C/C=C\C/C=C\C/C=C\C/C=C\CCCCCCCCCCCC(=O)OC1C(OCC(NC(=O)C(O)CCCCC/C=C\C/C=C\C/C=C\CCCCC)C(O)/C=C/CCCCCCCCCCCC)OC(CO)C(O)C1O. The zero-order valence-corrected chi connectivity index (χ0v) is 52.1. The van der Waals surface area contributed by atoms with Gasteiger partial charge in [-0.1, -0.05) is 259 Å². The van der Waals surface area contributed by atoms with Gasteiger partial charge in [-0.3, -0.25) is 9.59 Å². The number of nitrogens with one attached hydrogen (secondary N) is 1. The average molecular weight is 1150 g/mol. The van der Waals surface area contributed by atoms with Gasteiger partial charge in [-0.2, -0.15) is 0 Å². The van der Waals surface area contributed by atoms with E-state index in [4.69, 9.17) is 14.2 Å². The van der Waals surface area contributed by atoms with Gasteiger partial charge in [0.05, 0.1) is 25.4 Å². The number of carbonyl (C=O) groups is 2. The summed E-state index contributed by atoms with van der Waals surface area (Å²) in [5, 5.41) is 57.1. The van der Waals surface area contributed by atoms with Crippen molar-refractivity contribution in [1.29, 1.82) is 0 Å². The molecule has 6 N–H and O–H groups in total. The van der Waals surface area contributed by atoms with Crippen LogP contribution in [0.25, 0.3) is 0 Å². The molecule has 0 radical (unpaired) electrons. The van der Waals surface area contributed by atoms with E-state index in [2.05, 4.69) is 123 Å². The molecule has 0 aromatic heterocycles. The van der Waals surface area contributed by atoms with E-state index in [0.29, 0.717) is 12.8 Å². The summed E-state index contributed by atoms with van der Waals surface area (Å²) in [6.07, 6.45) is 68.3. The van der Waals surface area contributed by atoms with Gasteiger partial charge in [0.15, 0.2) is 12.4 Å². The number of aliphatic hydroxyl groups is 5. The van der Waals surface area contributed by atoms with Gasteiger partial charge in [0.25, 0.3) is 0 Å². The maximum Gasteiger partial charge on any atom is 0.306 e. The fourth-order valence-corrected chi connectivity index (χ4v) is 9.68. The molecule has 0 saturated carbocycles. The molecule has 1 aliphatic heterocycles. The minimum absolute atomic E-state index is 0.107. The summed E-state index contributed by atoms with van der Waals surface area (Å²) in [5.41, 5.74) is 0. The van der Waals surface area contributed by atoms with Crippen LogP contribution in [-0.4, -0.2) is 99.6 Å². The standard InChI is InChI=1S/C71H121NO10/c1-4-7-10-13-16-19-22-25-27-29-30-31-32-33-34-35-36-37-39-41-44-47-50-53-56-59-66(76)82-69-68(78)67(77)65(60-73)81-71(69)80-61-62(63(74)57-54-51-48-45-42-24-21-18-15-12-9-6-3)72-70(79)64(75)58-55-52-49-46-43-40-38-28-26-23-20-17-14-11-8-5-2/h7,10,16-17,19-20,25-28,30-31,33-34,40,43,54,57,62-65,67-69,71,73-75,77-78H,4-6,8-9,11-15,18,21-24,29,32,35-39,41-42,44-53,55-56,58-61H2,1-3H3,(H,72,79)/b10-7-,19-16-,20-17-,27-25-,28-26-,31-30-,34-33-,43-40-,57-54+. The van der Waals surface area contributed by atoms with Crippen LogP contribution in [0, 0.1) is 0 Å². The Bertz CT molecular complexity index is 1750. The van der Waals surface area contributed by atoms with Crippen LogP contribution in [0.5, 0.6) is 0 Å². The summed E-state index contributed by atoms with van der Waals surface area (Å²) in [4.78, 5) is 26.6. The molecular weight excluding hydrogens is 1030 g/mol. The molecule has 8 atom stereocenters. The van der Waals surface area contributed by atoms with Crippen LogP contribution < -0.4 is 5.32 Å². The minimum Gasteiger partial charge on any atom is -0.454 e. The third-order valence-electron chi connectivity index (χ3n) is 14.9. The van der Waals surface area contributed by atoms with Gasteiger partial charge in [-0.25, -0.2) is 0 Å². The minimum atomic E-state index is -1.63. The third-order valence-corrected chi connectivity index (χ3v) is 14.9. The number of unbranched alkanes of at least 4 members (excludes halogenated alkanes) is 25. The number of aliphatic hydroxyl groups excluding tert-OH is 5. The maximum atomic E-state index is 13.4. The first-order chi connectivity index (χ1) is 40.2. The molecule has 1 saturated heterocycles. The number of esters is 1. The molecule has 11 nitrogen and oxygen atoms in total. The number of carbonyl (C=O) groups excluding carboxylic acids is 2. The van der Waals surface area contributed by atoms with Crippen molar-refractivity contribution in [3.05, 3.63) is 109 Å². The van der Waals surface area contributed by atoms with Crippen molar-refractivity contribution >= 4 is 11.9 Å². The summed E-state index contributed by atoms with van der Waals surface area (Å²) in [6, 6.07) is -1.04. The molecular formula is C71H121NO10. The molecule has 11 heteroatoms. The van der Waals surface area contributed by atoms with Crippen LogP contribution in [0.1, 0.15) is 265 Å². The molecule has 470 valence electrons. The van der Waals surface area contributed by atoms with Gasteiger partial charge in [0, 0.05) is 6.42 Å². The van der Waals surface area contributed by atoms with E-state index in [1.807, 2.05) is 6.08 Å². The molecule has 0 aromatic carbocycles. The third kappa shape index (κ3) is 44.8. The van der Waals surface area contributed by atoms with Crippen molar-refractivity contribution in [2.45, 2.75) is 314 Å². The van der Waals surface area contributed by atoms with Crippen molar-refractivity contribution in [3.8, 4) is 0 Å². The summed E-state index contributed by atoms with van der Waals surface area (Å²) in [7, 11) is 0. The Morgan fingerprint density at radius 2 is 0.878 bits per heavy atom. The highest BCUT2D eigenvalue weighted by Gasteiger charge is 2.47. The molecule has 1 aliphatic rings. The first-order valence-electron chi connectivity index (χ1n) is 33.2. The van der Waals surface area contributed by atoms with Crippen molar-refractivity contribution in [1.82, 2.24) is 5.32 Å². The number of hydrogen-bond acceptors (Lipinski definition) is 10. The zero-order valence-electron chi connectivity index (χ0n) is 52.1. The Kier molecular flexibility index (Phi) is 53.7. The molecule has 0 aliphatic carbocycles. The highest BCUT2D eigenvalue weighted by atomic mass is 16.7. The molecule has 0 aromatic rings. The van der Waals surface area contributed by atoms with E-state index in [9.17, 15) is 35.1 Å². The Hall–Kier alpha value is -3.68. The van der Waals surface area contributed by atoms with E-state index in [1.54, 1.807) is 6.08 Å². The zero-order chi connectivity index (χ0) is 59.6. The number of rotatable bonds is 55. The average Bonchev–Trinajstić information content (AvgIpc) is 3.56. The lowest BCUT2D eigenvalue weighted by molar-refractivity contribution is -0.305. The van der Waals surface area contributed by atoms with Gasteiger partial charge in [0.2, 0.25) is 5.91 Å². The highest BCUT2D eigenvalue weighted by Crippen LogP contribution is 2.26. The Morgan fingerprint density at radius 1 is 0.488 bits per heavy atom. The van der Waals surface area contributed by atoms with E-state index >= 15 is 0 Å². The van der Waals surface area contributed by atoms with Gasteiger partial charge in [0.1, 0.15) is 24.4 Å². The Labute approximate surface area is 500 Å². The van der Waals surface area contributed by atoms with Gasteiger partial charge < -0.3 is 45.1 Å². The molecule has 0 spiro atoms. The Morgan fingerprint density at radius 3 is 1.34 bits per heavy atom. The Balaban J connectivity index is 2.63. The summed E-state index contributed by atoms with van der Waals surface area (Å²) < 4.78 is 17.6. The molecule has 0 bridgehead atoms. The normalized spacial score (nSPS) is 19.3. The first-order valence-corrected chi connectivity index (χ1v) is 33.2. The second-order valence-corrected chi connectivity index (χ2v) is 22.5. The fourth-order valence-electron chi connectivity index (χ4n) is 9.68. The van der Waals surface area contributed by atoms with E-state index in [0.717, 1.165) is 128 Å². The molecule has 8 unspecified atom stereocenters. The largest absolute Gasteiger partial charge is 0.454 e. The number of allylic oxidation sites excluding steroid dienone is 17. The van der Waals surface area contributed by atoms with E-state index in [1.165, 1.54) is 89.9 Å². The summed E-state index contributed by atoms with van der Waals surface area (Å²) >= 11 is 0. The topological polar surface area (TPSA) is 175 Å². The molecule has 1 heterocycles. The van der Waals surface area contributed by atoms with Crippen molar-refractivity contribution < 1.29 is 49.3 Å². The maximum absolute atomic E-state index is 13.4.